The van der Waals surface area contributed by atoms with Crippen molar-refractivity contribution in [1.82, 2.24) is 4.57 Å². The predicted molar refractivity (Wildman–Crippen MR) is 56.0 cm³/mol. The third-order valence-corrected chi connectivity index (χ3v) is 2.64. The summed E-state index contributed by atoms with van der Waals surface area (Å²) >= 11 is 0. The van der Waals surface area contributed by atoms with Crippen LogP contribution in [0.3, 0.4) is 0 Å². The lowest BCUT2D eigenvalue weighted by atomic mass is 10.2. The zero-order chi connectivity index (χ0) is 9.26. The van der Waals surface area contributed by atoms with Crippen molar-refractivity contribution in [3.8, 4) is 0 Å². The number of benzene rings is 1. The topological polar surface area (TPSA) is 22.0 Å². The van der Waals surface area contributed by atoms with E-state index in [9.17, 15) is 4.21 Å². The fraction of sp³-hybridized carbons (Fsp3) is 0.200. The third kappa shape index (κ3) is 1.65. The van der Waals surface area contributed by atoms with Crippen LogP contribution in [0.4, 0.5) is 0 Å². The Labute approximate surface area is 79.6 Å². The molecule has 0 radical (unpaired) electrons. The van der Waals surface area contributed by atoms with E-state index in [0.717, 1.165) is 5.52 Å². The van der Waals surface area contributed by atoms with Crippen LogP contribution in [0.15, 0.2) is 36.5 Å². The molecular formula is C10H11NOS. The van der Waals surface area contributed by atoms with Crippen LogP contribution in [-0.2, 0) is 16.7 Å². The number of para-hydroxylation sites is 1. The van der Waals surface area contributed by atoms with Gasteiger partial charge in [-0.2, -0.15) is 0 Å². The number of hydrogen-bond acceptors (Lipinski definition) is 1. The third-order valence-electron chi connectivity index (χ3n) is 2.00. The highest BCUT2D eigenvalue weighted by molar-refractivity contribution is 7.83. The quantitative estimate of drug-likeness (QED) is 0.714. The van der Waals surface area contributed by atoms with E-state index in [1.54, 1.807) is 6.26 Å². The minimum atomic E-state index is -0.788. The maximum Gasteiger partial charge on any atom is 0.0978 e. The van der Waals surface area contributed by atoms with Gasteiger partial charge in [0, 0.05) is 28.8 Å². The molecule has 1 atom stereocenters. The average molecular weight is 193 g/mol. The van der Waals surface area contributed by atoms with Gasteiger partial charge in [0.05, 0.1) is 5.88 Å². The summed E-state index contributed by atoms with van der Waals surface area (Å²) in [7, 11) is -0.788. The molecule has 0 aliphatic rings. The molecule has 0 saturated carbocycles. The van der Waals surface area contributed by atoms with Gasteiger partial charge in [0.15, 0.2) is 0 Å². The second-order valence-corrected chi connectivity index (χ2v) is 4.45. The lowest BCUT2D eigenvalue weighted by Crippen LogP contribution is -2.00. The Morgan fingerprint density at radius 2 is 2.08 bits per heavy atom. The SMILES string of the molecule is CS(=O)Cn1ccc2ccccc21. The van der Waals surface area contributed by atoms with E-state index < -0.39 is 10.8 Å². The van der Waals surface area contributed by atoms with Gasteiger partial charge in [0.1, 0.15) is 0 Å². The molecular weight excluding hydrogens is 182 g/mol. The molecule has 0 spiro atoms. The number of fused-ring (bicyclic) bond motifs is 1. The van der Waals surface area contributed by atoms with Crippen molar-refractivity contribution in [3.63, 3.8) is 0 Å². The van der Waals surface area contributed by atoms with Crippen molar-refractivity contribution in [2.45, 2.75) is 5.88 Å². The van der Waals surface area contributed by atoms with Crippen LogP contribution in [0.5, 0.6) is 0 Å². The monoisotopic (exact) mass is 193 g/mol. The van der Waals surface area contributed by atoms with Crippen molar-refractivity contribution in [3.05, 3.63) is 36.5 Å². The van der Waals surface area contributed by atoms with E-state index in [1.807, 2.05) is 35.0 Å². The Bertz CT molecular complexity index is 447. The first-order chi connectivity index (χ1) is 6.27. The molecule has 0 bridgehead atoms. The summed E-state index contributed by atoms with van der Waals surface area (Å²) in [5.74, 6) is 0.577. The van der Waals surface area contributed by atoms with Crippen LogP contribution in [0.1, 0.15) is 0 Å². The normalized spacial score (nSPS) is 13.3. The molecule has 3 heteroatoms. The van der Waals surface area contributed by atoms with Gasteiger partial charge in [-0.05, 0) is 17.5 Å². The highest BCUT2D eigenvalue weighted by atomic mass is 32.2. The Balaban J connectivity index is 2.51. The van der Waals surface area contributed by atoms with Crippen molar-refractivity contribution in [2.24, 2.45) is 0 Å². The summed E-state index contributed by atoms with van der Waals surface area (Å²) in [4.78, 5) is 0. The van der Waals surface area contributed by atoms with E-state index in [0.29, 0.717) is 5.88 Å². The van der Waals surface area contributed by atoms with Gasteiger partial charge in [-0.25, -0.2) is 0 Å². The van der Waals surface area contributed by atoms with Gasteiger partial charge >= 0.3 is 0 Å². The first-order valence-electron chi connectivity index (χ1n) is 4.11. The first-order valence-corrected chi connectivity index (χ1v) is 5.84. The molecule has 1 unspecified atom stereocenters. The van der Waals surface area contributed by atoms with Gasteiger partial charge in [-0.3, -0.25) is 4.21 Å². The zero-order valence-electron chi connectivity index (χ0n) is 7.43. The number of rotatable bonds is 2. The van der Waals surface area contributed by atoms with Crippen LogP contribution in [0.2, 0.25) is 0 Å². The standard InChI is InChI=1S/C10H11NOS/c1-13(12)8-11-7-6-9-4-2-3-5-10(9)11/h2-7H,8H2,1H3. The highest BCUT2D eigenvalue weighted by Crippen LogP contribution is 2.14. The van der Waals surface area contributed by atoms with Gasteiger partial charge in [0.25, 0.3) is 0 Å². The van der Waals surface area contributed by atoms with Crippen molar-refractivity contribution in [2.75, 3.05) is 6.26 Å². The number of aromatic nitrogens is 1. The van der Waals surface area contributed by atoms with Gasteiger partial charge in [-0.15, -0.1) is 0 Å². The molecule has 1 aromatic carbocycles. The minimum absolute atomic E-state index is 0.577. The Morgan fingerprint density at radius 1 is 1.31 bits per heavy atom. The number of nitrogens with zero attached hydrogens (tertiary/aromatic N) is 1. The number of hydrogen-bond donors (Lipinski definition) is 0. The van der Waals surface area contributed by atoms with Crippen molar-refractivity contribution < 1.29 is 4.21 Å². The maximum atomic E-state index is 11.0. The predicted octanol–water partition coefficient (Wildman–Crippen LogP) is 1.98. The lowest BCUT2D eigenvalue weighted by Gasteiger charge is -2.01. The second-order valence-electron chi connectivity index (χ2n) is 3.05. The van der Waals surface area contributed by atoms with Crippen molar-refractivity contribution in [1.29, 1.82) is 0 Å². The van der Waals surface area contributed by atoms with E-state index in [1.165, 1.54) is 5.39 Å². The molecule has 1 heterocycles. The molecule has 2 rings (SSSR count). The van der Waals surface area contributed by atoms with Gasteiger partial charge in [0.2, 0.25) is 0 Å². The summed E-state index contributed by atoms with van der Waals surface area (Å²) in [6.45, 7) is 0. The van der Waals surface area contributed by atoms with Crippen molar-refractivity contribution >= 4 is 21.7 Å². The smallest absolute Gasteiger partial charge is 0.0978 e. The summed E-state index contributed by atoms with van der Waals surface area (Å²) in [5.41, 5.74) is 1.15. The van der Waals surface area contributed by atoms with E-state index in [4.69, 9.17) is 0 Å². The molecule has 2 aromatic rings. The van der Waals surface area contributed by atoms with E-state index in [2.05, 4.69) is 6.07 Å². The zero-order valence-corrected chi connectivity index (χ0v) is 8.25. The van der Waals surface area contributed by atoms with Gasteiger partial charge < -0.3 is 4.57 Å². The van der Waals surface area contributed by atoms with Crippen LogP contribution >= 0.6 is 0 Å². The van der Waals surface area contributed by atoms with Crippen LogP contribution in [-0.4, -0.2) is 15.0 Å². The molecule has 0 aliphatic carbocycles. The van der Waals surface area contributed by atoms with E-state index >= 15 is 0 Å². The molecule has 13 heavy (non-hydrogen) atoms. The molecule has 2 nitrogen and oxygen atoms in total. The minimum Gasteiger partial charge on any atom is -0.335 e. The molecule has 0 aliphatic heterocycles. The lowest BCUT2D eigenvalue weighted by molar-refractivity contribution is 0.678. The van der Waals surface area contributed by atoms with Crippen LogP contribution in [0.25, 0.3) is 10.9 Å². The molecule has 0 saturated heterocycles. The molecule has 0 N–H and O–H groups in total. The molecule has 68 valence electrons. The van der Waals surface area contributed by atoms with Gasteiger partial charge in [-0.1, -0.05) is 18.2 Å². The Morgan fingerprint density at radius 3 is 2.85 bits per heavy atom. The fourth-order valence-corrected chi connectivity index (χ4v) is 2.07. The average Bonchev–Trinajstić information content (AvgIpc) is 2.48. The first kappa shape index (κ1) is 8.51. The summed E-state index contributed by atoms with van der Waals surface area (Å²) < 4.78 is 13.1. The molecule has 0 amide bonds. The van der Waals surface area contributed by atoms with Crippen LogP contribution < -0.4 is 0 Å². The second kappa shape index (κ2) is 3.34. The summed E-state index contributed by atoms with van der Waals surface area (Å²) in [6.07, 6.45) is 3.70. The highest BCUT2D eigenvalue weighted by Gasteiger charge is 1.99. The molecule has 0 fully saturated rings. The largest absolute Gasteiger partial charge is 0.335 e. The maximum absolute atomic E-state index is 11.0. The summed E-state index contributed by atoms with van der Waals surface area (Å²) in [6, 6.07) is 10.2. The fourth-order valence-electron chi connectivity index (χ4n) is 1.45. The Kier molecular flexibility index (Phi) is 2.19. The van der Waals surface area contributed by atoms with Crippen LogP contribution in [0, 0.1) is 0 Å². The molecule has 1 aromatic heterocycles. The van der Waals surface area contributed by atoms with E-state index in [-0.39, 0.29) is 0 Å². The summed E-state index contributed by atoms with van der Waals surface area (Å²) in [5, 5.41) is 1.20. The Hall–Kier alpha value is -1.09.